The Balaban J connectivity index is 1.58. The molecule has 58 heavy (non-hydrogen) atoms. The van der Waals surface area contributed by atoms with Crippen molar-refractivity contribution in [3.8, 4) is 51.4 Å². The van der Waals surface area contributed by atoms with Gasteiger partial charge in [-0.3, -0.25) is 14.4 Å². The zero-order valence-corrected chi connectivity index (χ0v) is 32.5. The largest absolute Gasteiger partial charge is 0.504 e. The molecule has 17 nitrogen and oxygen atoms in total. The van der Waals surface area contributed by atoms with Gasteiger partial charge in [0.2, 0.25) is 23.5 Å². The van der Waals surface area contributed by atoms with Crippen LogP contribution in [0, 0.1) is 0 Å². The number of nitrogens with two attached hydrogens (primary N) is 1. The fourth-order valence-corrected chi connectivity index (χ4v) is 6.78. The number of benzene rings is 4. The molecule has 5 atom stereocenters. The number of rotatable bonds is 11. The Morgan fingerprint density at radius 3 is 2.16 bits per heavy atom. The number of phenolic OH excluding ortho intramolecular Hbond substituents is 1. The van der Waals surface area contributed by atoms with Gasteiger partial charge in [0.15, 0.2) is 11.5 Å². The van der Waals surface area contributed by atoms with Crippen molar-refractivity contribution in [1.29, 1.82) is 0 Å². The summed E-state index contributed by atoms with van der Waals surface area (Å²) < 4.78 is 45.3. The maximum absolute atomic E-state index is 14.6. The number of aromatic hydroxyl groups is 1. The van der Waals surface area contributed by atoms with E-state index in [1.165, 1.54) is 64.8 Å². The summed E-state index contributed by atoms with van der Waals surface area (Å²) >= 11 is 0. The van der Waals surface area contributed by atoms with E-state index in [-0.39, 0.29) is 59.7 Å². The predicted octanol–water partition coefficient (Wildman–Crippen LogP) is 3.08. The molecule has 0 aromatic heterocycles. The lowest BCUT2D eigenvalue weighted by molar-refractivity contribution is -0.135. The molecule has 4 aromatic carbocycles. The lowest BCUT2D eigenvalue weighted by Gasteiger charge is -2.31. The molecule has 0 spiro atoms. The molecule has 4 aromatic rings. The zero-order valence-electron chi connectivity index (χ0n) is 32.5. The minimum Gasteiger partial charge on any atom is -0.504 e. The van der Waals surface area contributed by atoms with Crippen molar-refractivity contribution in [3.05, 3.63) is 89.0 Å². The van der Waals surface area contributed by atoms with Gasteiger partial charge in [0.1, 0.15) is 54.0 Å². The van der Waals surface area contributed by atoms with E-state index in [1.54, 1.807) is 37.4 Å². The molecule has 0 saturated heterocycles. The Kier molecular flexibility index (Phi) is 13.2. The Labute approximate surface area is 334 Å². The number of aliphatic hydroxyl groups excluding tert-OH is 1. The number of nitrogens with one attached hydrogen (secondary N) is 3. The molecule has 0 aliphatic carbocycles. The Morgan fingerprint density at radius 2 is 1.47 bits per heavy atom. The first-order valence-corrected chi connectivity index (χ1v) is 18.1. The van der Waals surface area contributed by atoms with E-state index in [9.17, 15) is 24.6 Å². The van der Waals surface area contributed by atoms with E-state index >= 15 is 0 Å². The third-order valence-corrected chi connectivity index (χ3v) is 9.76. The lowest BCUT2D eigenvalue weighted by Crippen LogP contribution is -2.54. The van der Waals surface area contributed by atoms with Gasteiger partial charge < -0.3 is 69.8 Å². The Hall–Kier alpha value is -6.11. The molecule has 7 N–H and O–H groups in total. The lowest BCUT2D eigenvalue weighted by atomic mass is 9.89. The second kappa shape index (κ2) is 18.4. The smallest absolute Gasteiger partial charge is 0.247 e. The van der Waals surface area contributed by atoms with Crippen LogP contribution in [0.1, 0.15) is 46.5 Å². The highest BCUT2D eigenvalue weighted by molar-refractivity contribution is 5.95. The van der Waals surface area contributed by atoms with Gasteiger partial charge in [-0.25, -0.2) is 0 Å². The highest BCUT2D eigenvalue weighted by Crippen LogP contribution is 2.46. The number of hydrogen-bond acceptors (Lipinski definition) is 14. The summed E-state index contributed by atoms with van der Waals surface area (Å²) in [6.07, 6.45) is -1.64. The monoisotopic (exact) mass is 802 g/mol. The Bertz CT molecular complexity index is 2130. The van der Waals surface area contributed by atoms with E-state index in [2.05, 4.69) is 16.0 Å². The SMILES string of the molecule is COCCOCOC[C@@H]1NC(=O)[C@H]2NC(=O)[C@@H](NC(=O)[C@@H](N)c3cc(O)c(OC)c(c3)Oc3ccc(cc3)[C@@H]2O)c2ccc(OC)c(c2)-c2c(OC)cc(OC)cc21. The number of phenols is 1. The van der Waals surface area contributed by atoms with Gasteiger partial charge in [-0.1, -0.05) is 18.2 Å². The summed E-state index contributed by atoms with van der Waals surface area (Å²) in [5.41, 5.74) is 8.42. The maximum Gasteiger partial charge on any atom is 0.247 e. The van der Waals surface area contributed by atoms with Gasteiger partial charge in [-0.15, -0.1) is 0 Å². The minimum atomic E-state index is -1.64. The van der Waals surface area contributed by atoms with Crippen LogP contribution < -0.4 is 45.4 Å². The molecule has 0 saturated carbocycles. The topological polar surface area (TPSA) is 228 Å². The van der Waals surface area contributed by atoms with Crippen LogP contribution in [0.25, 0.3) is 11.1 Å². The fraction of sp³-hybridized carbons (Fsp3) is 0.341. The van der Waals surface area contributed by atoms with Crippen molar-refractivity contribution in [3.63, 3.8) is 0 Å². The first-order valence-electron chi connectivity index (χ1n) is 18.1. The van der Waals surface area contributed by atoms with Gasteiger partial charge in [0, 0.05) is 24.3 Å². The van der Waals surface area contributed by atoms with E-state index in [0.29, 0.717) is 40.5 Å². The minimum absolute atomic E-state index is 0.0239. The molecule has 3 aliphatic rings. The third-order valence-electron chi connectivity index (χ3n) is 9.76. The number of hydrogen-bond donors (Lipinski definition) is 6. The third kappa shape index (κ3) is 8.73. The highest BCUT2D eigenvalue weighted by atomic mass is 16.7. The first-order chi connectivity index (χ1) is 28.0. The van der Waals surface area contributed by atoms with Crippen LogP contribution in [0.2, 0.25) is 0 Å². The number of ether oxygens (including phenoxy) is 8. The molecular formula is C41H46N4O13. The quantitative estimate of drug-likeness (QED) is 0.0947. The highest BCUT2D eigenvalue weighted by Gasteiger charge is 2.37. The number of aliphatic hydroxyl groups is 1. The average Bonchev–Trinajstić information content (AvgIpc) is 3.23. The molecule has 3 aliphatic heterocycles. The van der Waals surface area contributed by atoms with Crippen LogP contribution in [0.4, 0.5) is 0 Å². The standard InChI is InChI=1S/C41H46N4O13/c1-51-12-13-56-20-57-19-28-26-17-25(52-2)18-31(54-4)33(26)27-14-22(8-11-30(27)53-3)35-40(49)45-36(41(50)43-28)37(47)21-6-9-24(10-7-21)58-32-16-23(34(42)39(48)44-35)15-29(46)38(32)55-5/h6-11,14-18,28,34-37,46-47H,12-13,19-20,42H2,1-5H3,(H,43,50)(H,44,48)(H,45,49)/t28-,34-,35-,36-,37-/m0/s1. The summed E-state index contributed by atoms with van der Waals surface area (Å²) in [7, 11) is 7.30. The Morgan fingerprint density at radius 1 is 0.724 bits per heavy atom. The number of fused-ring (bicyclic) bond motifs is 8. The van der Waals surface area contributed by atoms with Crippen molar-refractivity contribution in [2.24, 2.45) is 5.73 Å². The van der Waals surface area contributed by atoms with Crippen molar-refractivity contribution >= 4 is 17.7 Å². The molecule has 3 heterocycles. The summed E-state index contributed by atoms with van der Waals surface area (Å²) in [6, 6.07) is 11.4. The second-order valence-corrected chi connectivity index (χ2v) is 13.3. The first kappa shape index (κ1) is 41.5. The van der Waals surface area contributed by atoms with Crippen LogP contribution >= 0.6 is 0 Å². The van der Waals surface area contributed by atoms with Crippen LogP contribution in [-0.2, 0) is 28.6 Å². The molecule has 7 rings (SSSR count). The van der Waals surface area contributed by atoms with Gasteiger partial charge in [-0.05, 0) is 64.7 Å². The molecular weight excluding hydrogens is 756 g/mol. The van der Waals surface area contributed by atoms with Crippen molar-refractivity contribution in [2.75, 3.05) is 62.2 Å². The van der Waals surface area contributed by atoms with Crippen LogP contribution in [0.15, 0.2) is 66.7 Å². The van der Waals surface area contributed by atoms with E-state index < -0.39 is 48.0 Å². The summed E-state index contributed by atoms with van der Waals surface area (Å²) in [5.74, 6) is -1.53. The zero-order chi connectivity index (χ0) is 41.5. The molecule has 0 radical (unpaired) electrons. The van der Waals surface area contributed by atoms with Crippen molar-refractivity contribution in [1.82, 2.24) is 16.0 Å². The van der Waals surface area contributed by atoms with Gasteiger partial charge in [-0.2, -0.15) is 0 Å². The van der Waals surface area contributed by atoms with E-state index in [1.807, 2.05) is 0 Å². The predicted molar refractivity (Wildman–Crippen MR) is 207 cm³/mol. The normalized spacial score (nSPS) is 20.3. The molecule has 308 valence electrons. The number of methoxy groups -OCH3 is 5. The maximum atomic E-state index is 14.6. The average molecular weight is 803 g/mol. The fourth-order valence-electron chi connectivity index (χ4n) is 6.78. The summed E-state index contributed by atoms with van der Waals surface area (Å²) in [5, 5.41) is 31.1. The number of carbonyl (C=O) groups is 3. The van der Waals surface area contributed by atoms with Crippen molar-refractivity contribution < 1.29 is 62.5 Å². The van der Waals surface area contributed by atoms with E-state index in [4.69, 9.17) is 43.6 Å². The van der Waals surface area contributed by atoms with E-state index in [0.717, 1.165) is 0 Å². The van der Waals surface area contributed by atoms with Gasteiger partial charge >= 0.3 is 0 Å². The molecule has 0 unspecified atom stereocenters. The second-order valence-electron chi connectivity index (χ2n) is 13.3. The molecule has 17 heteroatoms. The van der Waals surface area contributed by atoms with Crippen molar-refractivity contribution in [2.45, 2.75) is 30.3 Å². The van der Waals surface area contributed by atoms with Crippen LogP contribution in [-0.4, -0.2) is 96.1 Å². The van der Waals surface area contributed by atoms with Crippen LogP contribution in [0.3, 0.4) is 0 Å². The molecule has 8 bridgehead atoms. The summed E-state index contributed by atoms with van der Waals surface area (Å²) in [4.78, 5) is 43.2. The van der Waals surface area contributed by atoms with Gasteiger partial charge in [0.25, 0.3) is 0 Å². The number of carbonyl (C=O) groups excluding carboxylic acids is 3. The summed E-state index contributed by atoms with van der Waals surface area (Å²) in [6.45, 7) is 0.287. The van der Waals surface area contributed by atoms with Crippen LogP contribution in [0.5, 0.6) is 40.2 Å². The molecule has 0 fully saturated rings. The number of amides is 3. The van der Waals surface area contributed by atoms with Gasteiger partial charge in [0.05, 0.1) is 54.3 Å². The molecule has 3 amide bonds.